The summed E-state index contributed by atoms with van der Waals surface area (Å²) >= 11 is 0. The number of benzene rings is 2. The highest BCUT2D eigenvalue weighted by Crippen LogP contribution is 2.72. The highest BCUT2D eigenvalue weighted by atomic mass is 28.4. The van der Waals surface area contributed by atoms with E-state index in [0.717, 1.165) is 28.8 Å². The number of esters is 1. The summed E-state index contributed by atoms with van der Waals surface area (Å²) in [7, 11) is -5.46. The Morgan fingerprint density at radius 3 is 2.09 bits per heavy atom. The van der Waals surface area contributed by atoms with Gasteiger partial charge in [-0.15, -0.1) is 0 Å². The van der Waals surface area contributed by atoms with E-state index in [4.69, 9.17) is 23.1 Å². The Balaban J connectivity index is 1.27. The van der Waals surface area contributed by atoms with Crippen molar-refractivity contribution in [2.45, 2.75) is 179 Å². The van der Waals surface area contributed by atoms with E-state index in [0.29, 0.717) is 32.3 Å². The summed E-state index contributed by atoms with van der Waals surface area (Å²) in [6, 6.07) is 20.5. The van der Waals surface area contributed by atoms with Gasteiger partial charge in [0.2, 0.25) is 5.79 Å². The minimum absolute atomic E-state index is 0.000441. The number of azide groups is 1. The summed E-state index contributed by atoms with van der Waals surface area (Å²) in [6.07, 6.45) is 3.47. The second-order valence-electron chi connectivity index (χ2n) is 23.6. The van der Waals surface area contributed by atoms with Gasteiger partial charge in [-0.1, -0.05) is 133 Å². The molecule has 3 saturated carbocycles. The molecule has 2 aromatic rings. The topological polar surface area (TPSA) is 149 Å². The van der Waals surface area contributed by atoms with Gasteiger partial charge in [-0.25, -0.2) is 0 Å². The fourth-order valence-corrected chi connectivity index (χ4v) is 19.4. The van der Waals surface area contributed by atoms with Crippen LogP contribution >= 0.6 is 0 Å². The number of carbonyl (C=O) groups excluding carboxylic acids is 2. The van der Waals surface area contributed by atoms with E-state index >= 15 is 0 Å². The lowest BCUT2D eigenvalue weighted by molar-refractivity contribution is -0.277. The number of carbonyl (C=O) groups is 2. The van der Waals surface area contributed by atoms with Gasteiger partial charge in [-0.2, -0.15) is 0 Å². The molecular weight excluding hydrogens is 839 g/mol. The average Bonchev–Trinajstić information content (AvgIpc) is 3.72. The molecule has 2 saturated heterocycles. The van der Waals surface area contributed by atoms with Crippen molar-refractivity contribution in [3.63, 3.8) is 0 Å². The van der Waals surface area contributed by atoms with Crippen LogP contribution in [0, 0.1) is 34.5 Å². The second-order valence-corrected chi connectivity index (χ2v) is 32.7. The Morgan fingerprint density at radius 1 is 0.938 bits per heavy atom. The first-order chi connectivity index (χ1) is 29.7. The number of aliphatic hydroxyl groups is 1. The van der Waals surface area contributed by atoms with Crippen LogP contribution in [0.1, 0.15) is 115 Å². The van der Waals surface area contributed by atoms with Crippen molar-refractivity contribution in [3.05, 3.63) is 82.8 Å². The fraction of sp³-hybridized carbons (Fsp3) is 0.686. The molecule has 2 aromatic carbocycles. The maximum absolute atomic E-state index is 14.0. The van der Waals surface area contributed by atoms with Gasteiger partial charge >= 0.3 is 5.97 Å². The molecule has 1 spiro atoms. The number of hydrogen-bond donors (Lipinski definition) is 1. The quantitative estimate of drug-likeness (QED) is 0.0653. The van der Waals surface area contributed by atoms with Gasteiger partial charge in [0, 0.05) is 30.6 Å². The predicted molar refractivity (Wildman–Crippen MR) is 253 cm³/mol. The molecule has 0 amide bonds. The van der Waals surface area contributed by atoms with Crippen molar-refractivity contribution < 1.29 is 37.8 Å². The molecule has 5 fully saturated rings. The third-order valence-corrected chi connectivity index (χ3v) is 27.6. The first-order valence-electron chi connectivity index (χ1n) is 23.7. The van der Waals surface area contributed by atoms with Gasteiger partial charge < -0.3 is 28.2 Å². The van der Waals surface area contributed by atoms with Crippen LogP contribution in [0.4, 0.5) is 0 Å². The molecule has 8 rings (SSSR count). The summed E-state index contributed by atoms with van der Waals surface area (Å²) in [6.45, 7) is 28.3. The molecule has 1 N–H and O–H groups in total. The van der Waals surface area contributed by atoms with Gasteiger partial charge in [-0.05, 0) is 102 Å². The van der Waals surface area contributed by atoms with Crippen molar-refractivity contribution in [1.82, 2.24) is 0 Å². The molecule has 348 valence electrons. The van der Waals surface area contributed by atoms with Crippen molar-refractivity contribution in [2.24, 2.45) is 39.6 Å². The van der Waals surface area contributed by atoms with Crippen LogP contribution in [-0.2, 0) is 32.7 Å². The molecule has 2 aliphatic heterocycles. The average molecular weight is 912 g/mol. The largest absolute Gasteiger partial charge is 0.462 e. The number of fused-ring (bicyclic) bond motifs is 7. The Hall–Kier alpha value is -3.14. The Morgan fingerprint density at radius 2 is 1.55 bits per heavy atom. The lowest BCUT2D eigenvalue weighted by Gasteiger charge is -2.62. The molecule has 0 unspecified atom stereocenters. The Bertz CT molecular complexity index is 2180. The van der Waals surface area contributed by atoms with E-state index in [9.17, 15) is 20.2 Å². The van der Waals surface area contributed by atoms with E-state index in [1.807, 2.05) is 12.1 Å². The molecule has 0 aromatic heterocycles. The van der Waals surface area contributed by atoms with E-state index in [1.165, 1.54) is 6.92 Å². The first kappa shape index (κ1) is 47.4. The van der Waals surface area contributed by atoms with Crippen LogP contribution in [-0.4, -0.2) is 81.4 Å². The lowest BCUT2D eigenvalue weighted by Crippen LogP contribution is -2.70. The third kappa shape index (κ3) is 6.91. The van der Waals surface area contributed by atoms with Crippen LogP contribution < -0.4 is 10.4 Å². The van der Waals surface area contributed by atoms with Crippen molar-refractivity contribution in [1.29, 1.82) is 0 Å². The predicted octanol–water partition coefficient (Wildman–Crippen LogP) is 9.57. The van der Waals surface area contributed by atoms with Crippen LogP contribution in [0.25, 0.3) is 10.4 Å². The molecule has 13 heteroatoms. The lowest BCUT2D eigenvalue weighted by atomic mass is 9.44. The summed E-state index contributed by atoms with van der Waals surface area (Å²) in [5.74, 6) is -2.32. The van der Waals surface area contributed by atoms with Gasteiger partial charge in [-0.3, -0.25) is 9.59 Å². The number of ketones is 1. The van der Waals surface area contributed by atoms with Crippen LogP contribution in [0.3, 0.4) is 0 Å². The summed E-state index contributed by atoms with van der Waals surface area (Å²) in [5, 5.41) is 19.9. The highest BCUT2D eigenvalue weighted by molar-refractivity contribution is 6.99. The minimum Gasteiger partial charge on any atom is -0.462 e. The molecule has 0 bridgehead atoms. The molecule has 6 aliphatic rings. The number of nitrogens with zero attached hydrogens (tertiary/aromatic N) is 3. The SMILES string of the molecule is CC(=O)O[C@@H]1C[C@H]2[C@@H](CC[C@H]3CC(=O)[C@H](N=[N+]=[N-])C[C@@]32C)C2=C[C@@H]3O[C@]4(O[C@](C)(CO[Si](C)(C)C(C)(C)C)C[C@H]4O[Si](c4ccccc4)(c4ccccc4)C(C)(C)C)[C@@H](C)[C@]3(O)[C@]21C. The van der Waals surface area contributed by atoms with Crippen LogP contribution in [0.5, 0.6) is 0 Å². The number of ether oxygens (including phenoxy) is 3. The second kappa shape index (κ2) is 15.7. The molecule has 2 heterocycles. The molecule has 13 atom stereocenters. The molecule has 11 nitrogen and oxygen atoms in total. The monoisotopic (exact) mass is 911 g/mol. The summed E-state index contributed by atoms with van der Waals surface area (Å²) in [4.78, 5) is 29.5. The minimum atomic E-state index is -3.22. The Kier molecular flexibility index (Phi) is 11.6. The van der Waals surface area contributed by atoms with E-state index < -0.39 is 75.3 Å². The number of Topliss-reactive ketones (excluding diaryl/α,β-unsaturated/α-hetero) is 1. The van der Waals surface area contributed by atoms with E-state index in [-0.39, 0.29) is 39.0 Å². The zero-order valence-corrected chi connectivity index (χ0v) is 42.6. The first-order valence-corrected chi connectivity index (χ1v) is 28.6. The van der Waals surface area contributed by atoms with E-state index in [2.05, 4.69) is 147 Å². The molecule has 4 aliphatic carbocycles. The maximum atomic E-state index is 14.0. The molecular formula is C51H73N3O8Si2. The smallest absolute Gasteiger partial charge is 0.302 e. The summed E-state index contributed by atoms with van der Waals surface area (Å²) < 4.78 is 36.6. The zero-order valence-electron chi connectivity index (χ0n) is 40.6. The van der Waals surface area contributed by atoms with Crippen LogP contribution in [0.2, 0.25) is 23.2 Å². The van der Waals surface area contributed by atoms with Crippen molar-refractivity contribution in [2.75, 3.05) is 6.61 Å². The van der Waals surface area contributed by atoms with Gasteiger partial charge in [0.05, 0.1) is 23.7 Å². The molecule has 64 heavy (non-hydrogen) atoms. The number of hydrogen-bond acceptors (Lipinski definition) is 9. The standard InChI is InChI=1S/C51H73N3O8Si2/c1-32-50(57)43(28-39-37-25-24-34-26-41(56)40(53-54-52)29-48(34,10)38(37)27-42(49(39,50)11)59-33(2)55)60-51(32)44(30-47(9,62-51)31-58-63(12,13)45(3,4)5)61-64(46(6,7)8,35-20-16-14-17-21-35)36-22-18-15-19-23-36/h14-23,28,32,34,37-38,40,42-44,57H,24-27,29-31H2,1-13H3/t32-,34-,37+,38-,40+,42+,43-,44+,47-,48-,49+,50+,51-/m0/s1. The van der Waals surface area contributed by atoms with Gasteiger partial charge in [0.15, 0.2) is 8.32 Å². The summed E-state index contributed by atoms with van der Waals surface area (Å²) in [5.41, 5.74) is 6.66. The van der Waals surface area contributed by atoms with Gasteiger partial charge in [0.25, 0.3) is 8.32 Å². The number of rotatable bonds is 9. The van der Waals surface area contributed by atoms with Gasteiger partial charge in [0.1, 0.15) is 29.7 Å². The highest BCUT2D eigenvalue weighted by Gasteiger charge is 2.80. The maximum Gasteiger partial charge on any atom is 0.302 e. The Labute approximate surface area is 383 Å². The fourth-order valence-electron chi connectivity index (χ4n) is 13.6. The third-order valence-electron chi connectivity index (χ3n) is 18.1. The van der Waals surface area contributed by atoms with Crippen LogP contribution in [0.15, 0.2) is 77.4 Å². The normalized spacial score (nSPS) is 39.6. The van der Waals surface area contributed by atoms with E-state index in [1.54, 1.807) is 0 Å². The zero-order chi connectivity index (χ0) is 46.7. The molecule has 0 radical (unpaired) electrons. The van der Waals surface area contributed by atoms with Crippen molar-refractivity contribution >= 4 is 38.8 Å². The van der Waals surface area contributed by atoms with Crippen molar-refractivity contribution in [3.8, 4) is 0 Å².